The summed E-state index contributed by atoms with van der Waals surface area (Å²) in [7, 11) is 3.16. The molecule has 1 aromatic rings. The molecule has 6 nitrogen and oxygen atoms in total. The van der Waals surface area contributed by atoms with Gasteiger partial charge in [0, 0.05) is 12.1 Å². The predicted octanol–water partition coefficient (Wildman–Crippen LogP) is 2.48. The van der Waals surface area contributed by atoms with Crippen molar-refractivity contribution in [2.45, 2.75) is 19.8 Å². The third kappa shape index (κ3) is 5.90. The zero-order chi connectivity index (χ0) is 18.4. The van der Waals surface area contributed by atoms with Crippen LogP contribution in [0.25, 0.3) is 0 Å². The van der Waals surface area contributed by atoms with Gasteiger partial charge in [-0.15, -0.1) is 0 Å². The number of ether oxygens (including phenoxy) is 1. The van der Waals surface area contributed by atoms with E-state index in [1.54, 1.807) is 25.2 Å². The molecule has 2 amide bonds. The van der Waals surface area contributed by atoms with Crippen molar-refractivity contribution in [3.05, 3.63) is 23.2 Å². The quantitative estimate of drug-likeness (QED) is 0.839. The number of anilines is 1. The lowest BCUT2D eigenvalue weighted by atomic mass is 9.99. The molecule has 0 aliphatic carbocycles. The highest BCUT2D eigenvalue weighted by Crippen LogP contribution is 2.27. The molecule has 1 aliphatic heterocycles. The van der Waals surface area contributed by atoms with Crippen LogP contribution in [0.2, 0.25) is 5.02 Å². The molecule has 7 heteroatoms. The highest BCUT2D eigenvalue weighted by atomic mass is 35.5. The van der Waals surface area contributed by atoms with Crippen molar-refractivity contribution in [3.8, 4) is 5.75 Å². The molecular weight excluding hydrogens is 342 g/mol. The van der Waals surface area contributed by atoms with Crippen LogP contribution in [0, 0.1) is 5.92 Å². The lowest BCUT2D eigenvalue weighted by Crippen LogP contribution is -2.44. The first kappa shape index (κ1) is 19.5. The van der Waals surface area contributed by atoms with Gasteiger partial charge in [-0.05, 0) is 50.0 Å². The SMILES string of the molecule is COc1ccc(Cl)cc1NC(=O)CN(C)C(=O)CN1CCC(C)CC1. The number of likely N-dealkylation sites (N-methyl/N-ethyl adjacent to an activating group) is 1. The minimum Gasteiger partial charge on any atom is -0.495 e. The molecule has 0 radical (unpaired) electrons. The molecule has 2 rings (SSSR count). The number of halogens is 1. The number of carbonyl (C=O) groups excluding carboxylic acids is 2. The van der Waals surface area contributed by atoms with Crippen LogP contribution in [0.1, 0.15) is 19.8 Å². The second-order valence-electron chi connectivity index (χ2n) is 6.60. The number of methoxy groups -OCH3 is 1. The van der Waals surface area contributed by atoms with E-state index in [9.17, 15) is 9.59 Å². The summed E-state index contributed by atoms with van der Waals surface area (Å²) >= 11 is 5.96. The number of carbonyl (C=O) groups is 2. The third-order valence-electron chi connectivity index (χ3n) is 4.48. The van der Waals surface area contributed by atoms with Crippen LogP contribution in [-0.2, 0) is 9.59 Å². The number of hydrogen-bond donors (Lipinski definition) is 1. The lowest BCUT2D eigenvalue weighted by Gasteiger charge is -2.30. The Morgan fingerprint density at radius 2 is 2.04 bits per heavy atom. The van der Waals surface area contributed by atoms with Crippen molar-refractivity contribution in [3.63, 3.8) is 0 Å². The topological polar surface area (TPSA) is 61.9 Å². The van der Waals surface area contributed by atoms with Crippen LogP contribution in [-0.4, -0.2) is 62.0 Å². The molecule has 0 unspecified atom stereocenters. The number of piperidine rings is 1. The van der Waals surface area contributed by atoms with Crippen molar-refractivity contribution in [2.24, 2.45) is 5.92 Å². The normalized spacial score (nSPS) is 15.7. The summed E-state index contributed by atoms with van der Waals surface area (Å²) in [6.07, 6.45) is 2.23. The van der Waals surface area contributed by atoms with Gasteiger partial charge in [-0.25, -0.2) is 0 Å². The van der Waals surface area contributed by atoms with Crippen LogP contribution in [0.15, 0.2) is 18.2 Å². The van der Waals surface area contributed by atoms with Crippen molar-refractivity contribution < 1.29 is 14.3 Å². The number of amides is 2. The van der Waals surface area contributed by atoms with Crippen molar-refractivity contribution in [2.75, 3.05) is 45.7 Å². The summed E-state index contributed by atoms with van der Waals surface area (Å²) in [5, 5.41) is 3.24. The maximum Gasteiger partial charge on any atom is 0.244 e. The van der Waals surface area contributed by atoms with Crippen molar-refractivity contribution in [1.29, 1.82) is 0 Å². The van der Waals surface area contributed by atoms with Crippen LogP contribution in [0.3, 0.4) is 0 Å². The maximum absolute atomic E-state index is 12.3. The summed E-state index contributed by atoms with van der Waals surface area (Å²) in [6.45, 7) is 4.45. The Kier molecular flexibility index (Phi) is 7.08. The summed E-state index contributed by atoms with van der Waals surface area (Å²) in [6, 6.07) is 4.99. The van der Waals surface area contributed by atoms with E-state index in [4.69, 9.17) is 16.3 Å². The van der Waals surface area contributed by atoms with E-state index in [2.05, 4.69) is 17.1 Å². The van der Waals surface area contributed by atoms with Gasteiger partial charge in [0.25, 0.3) is 0 Å². The van der Waals surface area contributed by atoms with Crippen LogP contribution in [0.4, 0.5) is 5.69 Å². The number of nitrogens with one attached hydrogen (secondary N) is 1. The van der Waals surface area contributed by atoms with Crippen LogP contribution in [0.5, 0.6) is 5.75 Å². The predicted molar refractivity (Wildman–Crippen MR) is 99.1 cm³/mol. The molecule has 0 atom stereocenters. The highest BCUT2D eigenvalue weighted by Gasteiger charge is 2.21. The van der Waals surface area contributed by atoms with E-state index in [0.29, 0.717) is 23.0 Å². The molecule has 1 fully saturated rings. The Morgan fingerprint density at radius 3 is 2.68 bits per heavy atom. The number of nitrogens with zero attached hydrogens (tertiary/aromatic N) is 2. The summed E-state index contributed by atoms with van der Waals surface area (Å²) in [5.74, 6) is 0.906. The van der Waals surface area contributed by atoms with E-state index < -0.39 is 0 Å². The minimum atomic E-state index is -0.288. The fraction of sp³-hybridized carbons (Fsp3) is 0.556. The Labute approximate surface area is 154 Å². The molecule has 1 aliphatic rings. The summed E-state index contributed by atoms with van der Waals surface area (Å²) in [5.41, 5.74) is 0.492. The molecule has 0 spiro atoms. The molecule has 1 N–H and O–H groups in total. The molecule has 1 saturated heterocycles. The molecule has 25 heavy (non-hydrogen) atoms. The lowest BCUT2D eigenvalue weighted by molar-refractivity contribution is -0.134. The van der Waals surface area contributed by atoms with Gasteiger partial charge in [-0.1, -0.05) is 18.5 Å². The maximum atomic E-state index is 12.3. The first-order valence-corrected chi connectivity index (χ1v) is 8.86. The number of rotatable bonds is 6. The highest BCUT2D eigenvalue weighted by molar-refractivity contribution is 6.31. The van der Waals surface area contributed by atoms with Gasteiger partial charge in [0.05, 0.1) is 25.9 Å². The van der Waals surface area contributed by atoms with Gasteiger partial charge in [0.1, 0.15) is 5.75 Å². The minimum absolute atomic E-state index is 0.0151. The fourth-order valence-corrected chi connectivity index (χ4v) is 2.98. The Bertz CT molecular complexity index is 616. The van der Waals surface area contributed by atoms with Crippen LogP contribution >= 0.6 is 11.6 Å². The smallest absolute Gasteiger partial charge is 0.244 e. The second-order valence-corrected chi connectivity index (χ2v) is 7.04. The molecule has 0 aromatic heterocycles. The molecule has 1 aromatic carbocycles. The third-order valence-corrected chi connectivity index (χ3v) is 4.71. The number of benzene rings is 1. The van der Waals surface area contributed by atoms with Crippen molar-refractivity contribution in [1.82, 2.24) is 9.80 Å². The van der Waals surface area contributed by atoms with E-state index in [0.717, 1.165) is 31.8 Å². The van der Waals surface area contributed by atoms with Crippen molar-refractivity contribution >= 4 is 29.1 Å². The molecule has 0 saturated carbocycles. The Morgan fingerprint density at radius 1 is 1.36 bits per heavy atom. The van der Waals surface area contributed by atoms with Gasteiger partial charge in [-0.2, -0.15) is 0 Å². The largest absolute Gasteiger partial charge is 0.495 e. The van der Waals surface area contributed by atoms with Gasteiger partial charge in [0.15, 0.2) is 0 Å². The monoisotopic (exact) mass is 367 g/mol. The second kappa shape index (κ2) is 9.06. The Hall–Kier alpha value is -1.79. The van der Waals surface area contributed by atoms with E-state index in [-0.39, 0.29) is 18.4 Å². The average Bonchev–Trinajstić information content (AvgIpc) is 2.57. The van der Waals surface area contributed by atoms with Gasteiger partial charge < -0.3 is 15.0 Å². The zero-order valence-electron chi connectivity index (χ0n) is 15.0. The molecule has 0 bridgehead atoms. The van der Waals surface area contributed by atoms with E-state index in [1.807, 2.05) is 0 Å². The van der Waals surface area contributed by atoms with Gasteiger partial charge >= 0.3 is 0 Å². The standard InChI is InChI=1S/C18H26ClN3O3/c1-13-6-8-22(9-7-13)12-18(24)21(2)11-17(23)20-15-10-14(19)4-5-16(15)25-3/h4-5,10,13H,6-9,11-12H2,1-3H3,(H,20,23). The van der Waals surface area contributed by atoms with Gasteiger partial charge in [0.2, 0.25) is 11.8 Å². The summed E-state index contributed by atoms with van der Waals surface area (Å²) < 4.78 is 5.20. The average molecular weight is 368 g/mol. The first-order chi connectivity index (χ1) is 11.9. The molecule has 138 valence electrons. The molecular formula is C18H26ClN3O3. The zero-order valence-corrected chi connectivity index (χ0v) is 15.8. The van der Waals surface area contributed by atoms with Gasteiger partial charge in [-0.3, -0.25) is 14.5 Å². The number of likely N-dealkylation sites (tertiary alicyclic amines) is 1. The Balaban J connectivity index is 1.85. The summed E-state index contributed by atoms with van der Waals surface area (Å²) in [4.78, 5) is 28.1. The van der Waals surface area contributed by atoms with E-state index in [1.165, 1.54) is 12.0 Å². The fourth-order valence-electron chi connectivity index (χ4n) is 2.80. The van der Waals surface area contributed by atoms with E-state index >= 15 is 0 Å². The van der Waals surface area contributed by atoms with Crippen LogP contribution < -0.4 is 10.1 Å². The number of hydrogen-bond acceptors (Lipinski definition) is 4. The molecule has 1 heterocycles. The first-order valence-electron chi connectivity index (χ1n) is 8.48.